The quantitative estimate of drug-likeness (QED) is 0.745. The smallest absolute Gasteiger partial charge is 0.264 e. The van der Waals surface area contributed by atoms with Crippen molar-refractivity contribution in [2.24, 2.45) is 0 Å². The van der Waals surface area contributed by atoms with Crippen molar-refractivity contribution in [3.63, 3.8) is 0 Å². The molecule has 0 amide bonds. The molecule has 3 rings (SSSR count). The van der Waals surface area contributed by atoms with E-state index in [4.69, 9.17) is 10.2 Å². The van der Waals surface area contributed by atoms with Gasteiger partial charge in [-0.15, -0.1) is 0 Å². The number of nitrogens with zero attached hydrogens (tertiary/aromatic N) is 3. The van der Waals surface area contributed by atoms with Crippen molar-refractivity contribution < 1.29 is 12.8 Å². The van der Waals surface area contributed by atoms with Crippen LogP contribution in [0.5, 0.6) is 0 Å². The summed E-state index contributed by atoms with van der Waals surface area (Å²) < 4.78 is 32.8. The molecule has 0 fully saturated rings. The highest BCUT2D eigenvalue weighted by molar-refractivity contribution is 7.92. The molecule has 0 saturated carbocycles. The maximum Gasteiger partial charge on any atom is 0.264 e. The van der Waals surface area contributed by atoms with Crippen molar-refractivity contribution in [3.05, 3.63) is 36.5 Å². The van der Waals surface area contributed by atoms with Crippen molar-refractivity contribution in [2.45, 2.75) is 31.1 Å². The molecular formula is C15H17N5O3S. The molecule has 0 aliphatic carbocycles. The number of fused-ring (bicyclic) bond motifs is 1. The van der Waals surface area contributed by atoms with Crippen molar-refractivity contribution in [1.29, 1.82) is 0 Å². The number of benzene rings is 1. The van der Waals surface area contributed by atoms with Crippen LogP contribution in [-0.4, -0.2) is 23.4 Å². The van der Waals surface area contributed by atoms with E-state index in [1.165, 1.54) is 0 Å². The molecular weight excluding hydrogens is 330 g/mol. The minimum Gasteiger partial charge on any atom is -0.440 e. The van der Waals surface area contributed by atoms with Crippen LogP contribution < -0.4 is 10.5 Å². The Morgan fingerprint density at radius 2 is 1.83 bits per heavy atom. The van der Waals surface area contributed by atoms with Crippen LogP contribution in [0.4, 0.5) is 11.6 Å². The normalized spacial score (nSPS) is 12.5. The fraction of sp³-hybridized carbons (Fsp3) is 0.267. The number of anilines is 2. The zero-order chi connectivity index (χ0) is 17.5. The number of hydrogen-bond acceptors (Lipinski definition) is 7. The van der Waals surface area contributed by atoms with Crippen LogP contribution in [0.2, 0.25) is 0 Å². The second-order valence-electron chi connectivity index (χ2n) is 6.33. The lowest BCUT2D eigenvalue weighted by molar-refractivity contribution is 0.411. The van der Waals surface area contributed by atoms with Gasteiger partial charge in [-0.1, -0.05) is 20.8 Å². The van der Waals surface area contributed by atoms with Gasteiger partial charge in [0.2, 0.25) is 11.8 Å². The second-order valence-corrected chi connectivity index (χ2v) is 8.02. The molecule has 0 aliphatic heterocycles. The van der Waals surface area contributed by atoms with Crippen LogP contribution in [0.15, 0.2) is 39.9 Å². The molecule has 24 heavy (non-hydrogen) atoms. The number of nitrogens with two attached hydrogens (primary N) is 1. The monoisotopic (exact) mass is 347 g/mol. The lowest BCUT2D eigenvalue weighted by atomic mass is 9.97. The van der Waals surface area contributed by atoms with Crippen LogP contribution in [0, 0.1) is 0 Å². The average molecular weight is 347 g/mol. The SMILES string of the molecule is CC(C)(C)c1nc2cc(NS(=O)(=O)c3cnc(N)nc3)ccc2o1. The zero-order valence-corrected chi connectivity index (χ0v) is 14.3. The van der Waals surface area contributed by atoms with Gasteiger partial charge in [0.25, 0.3) is 10.0 Å². The predicted molar refractivity (Wildman–Crippen MR) is 90.0 cm³/mol. The third-order valence-electron chi connectivity index (χ3n) is 3.24. The summed E-state index contributed by atoms with van der Waals surface area (Å²) in [4.78, 5) is 11.7. The van der Waals surface area contributed by atoms with E-state index in [1.807, 2.05) is 20.8 Å². The molecule has 1 aromatic carbocycles. The Balaban J connectivity index is 1.93. The molecule has 8 nitrogen and oxygen atoms in total. The summed E-state index contributed by atoms with van der Waals surface area (Å²) in [5.74, 6) is 0.595. The van der Waals surface area contributed by atoms with E-state index >= 15 is 0 Å². The third-order valence-corrected chi connectivity index (χ3v) is 4.58. The number of hydrogen-bond donors (Lipinski definition) is 2. The van der Waals surface area contributed by atoms with Crippen LogP contribution >= 0.6 is 0 Å². The predicted octanol–water partition coefficient (Wildman–Crippen LogP) is 2.30. The van der Waals surface area contributed by atoms with Gasteiger partial charge in [-0.2, -0.15) is 0 Å². The summed E-state index contributed by atoms with van der Waals surface area (Å²) in [5.41, 5.74) is 6.67. The summed E-state index contributed by atoms with van der Waals surface area (Å²) in [6.07, 6.45) is 2.30. The molecule has 0 unspecified atom stereocenters. The fourth-order valence-electron chi connectivity index (χ4n) is 1.99. The third kappa shape index (κ3) is 3.16. The molecule has 0 radical (unpaired) electrons. The average Bonchev–Trinajstić information content (AvgIpc) is 2.90. The van der Waals surface area contributed by atoms with E-state index in [-0.39, 0.29) is 16.3 Å². The van der Waals surface area contributed by atoms with E-state index in [2.05, 4.69) is 19.7 Å². The molecule has 126 valence electrons. The molecule has 2 aromatic heterocycles. The van der Waals surface area contributed by atoms with E-state index in [1.54, 1.807) is 18.2 Å². The van der Waals surface area contributed by atoms with Gasteiger partial charge in [0.15, 0.2) is 5.58 Å². The van der Waals surface area contributed by atoms with Crippen LogP contribution in [0.1, 0.15) is 26.7 Å². The van der Waals surface area contributed by atoms with Gasteiger partial charge in [0.1, 0.15) is 10.4 Å². The topological polar surface area (TPSA) is 124 Å². The molecule has 0 bridgehead atoms. The van der Waals surface area contributed by atoms with Gasteiger partial charge < -0.3 is 10.2 Å². The lowest BCUT2D eigenvalue weighted by Crippen LogP contribution is -2.14. The van der Waals surface area contributed by atoms with E-state index < -0.39 is 10.0 Å². The van der Waals surface area contributed by atoms with Crippen molar-refractivity contribution in [1.82, 2.24) is 15.0 Å². The summed E-state index contributed by atoms with van der Waals surface area (Å²) in [6, 6.07) is 4.90. The van der Waals surface area contributed by atoms with Crippen molar-refractivity contribution >= 4 is 32.8 Å². The summed E-state index contributed by atoms with van der Waals surface area (Å²) >= 11 is 0. The van der Waals surface area contributed by atoms with E-state index in [0.29, 0.717) is 22.7 Å². The van der Waals surface area contributed by atoms with Crippen LogP contribution in [0.25, 0.3) is 11.1 Å². The Hall–Kier alpha value is -2.68. The molecule has 9 heteroatoms. The van der Waals surface area contributed by atoms with E-state index in [0.717, 1.165) is 12.4 Å². The first-order valence-electron chi connectivity index (χ1n) is 7.16. The van der Waals surface area contributed by atoms with Gasteiger partial charge in [-0.3, -0.25) is 4.72 Å². The molecule has 0 aliphatic rings. The molecule has 3 N–H and O–H groups in total. The summed E-state index contributed by atoms with van der Waals surface area (Å²) in [5, 5.41) is 0. The van der Waals surface area contributed by atoms with E-state index in [9.17, 15) is 8.42 Å². The zero-order valence-electron chi connectivity index (χ0n) is 13.4. The molecule has 3 aromatic rings. The Labute approximate surface area is 139 Å². The number of nitrogens with one attached hydrogen (secondary N) is 1. The van der Waals surface area contributed by atoms with Gasteiger partial charge in [0.05, 0.1) is 18.1 Å². The Morgan fingerprint density at radius 3 is 2.46 bits per heavy atom. The minimum atomic E-state index is -3.81. The van der Waals surface area contributed by atoms with Crippen LogP contribution in [0.3, 0.4) is 0 Å². The first kappa shape index (κ1) is 16.2. The minimum absolute atomic E-state index is 0.00711. The lowest BCUT2D eigenvalue weighted by Gasteiger charge is -2.11. The van der Waals surface area contributed by atoms with Crippen molar-refractivity contribution in [2.75, 3.05) is 10.5 Å². The number of sulfonamides is 1. The molecule has 2 heterocycles. The standard InChI is InChI=1S/C15H17N5O3S/c1-15(2,3)13-19-11-6-9(4-5-12(11)23-13)20-24(21,22)10-7-17-14(16)18-8-10/h4-8,20H,1-3H3,(H2,16,17,18). The van der Waals surface area contributed by atoms with Gasteiger partial charge in [-0.25, -0.2) is 23.4 Å². The maximum atomic E-state index is 12.3. The Bertz CT molecular complexity index is 988. The first-order valence-corrected chi connectivity index (χ1v) is 8.65. The highest BCUT2D eigenvalue weighted by Gasteiger charge is 2.21. The number of aromatic nitrogens is 3. The highest BCUT2D eigenvalue weighted by atomic mass is 32.2. The molecule has 0 spiro atoms. The van der Waals surface area contributed by atoms with Gasteiger partial charge in [0, 0.05) is 5.41 Å². The second kappa shape index (κ2) is 5.45. The fourth-order valence-corrected chi connectivity index (χ4v) is 2.93. The van der Waals surface area contributed by atoms with Gasteiger partial charge >= 0.3 is 0 Å². The van der Waals surface area contributed by atoms with Gasteiger partial charge in [-0.05, 0) is 18.2 Å². The number of rotatable bonds is 3. The van der Waals surface area contributed by atoms with Crippen LogP contribution in [-0.2, 0) is 15.4 Å². The number of nitrogen functional groups attached to an aromatic ring is 1. The molecule has 0 atom stereocenters. The highest BCUT2D eigenvalue weighted by Crippen LogP contribution is 2.28. The Kier molecular flexibility index (Phi) is 3.67. The summed E-state index contributed by atoms with van der Waals surface area (Å²) in [7, 11) is -3.81. The first-order chi connectivity index (χ1) is 11.1. The summed E-state index contributed by atoms with van der Waals surface area (Å²) in [6.45, 7) is 5.97. The number of oxazole rings is 1. The largest absolute Gasteiger partial charge is 0.440 e. The maximum absolute atomic E-state index is 12.3. The Morgan fingerprint density at radius 1 is 1.17 bits per heavy atom. The van der Waals surface area contributed by atoms with Crippen molar-refractivity contribution in [3.8, 4) is 0 Å². The molecule has 0 saturated heterocycles.